The predicted octanol–water partition coefficient (Wildman–Crippen LogP) is 0.819. The second-order valence-electron chi connectivity index (χ2n) is 3.24. The first-order valence-electron chi connectivity index (χ1n) is 4.63. The zero-order valence-electron chi connectivity index (χ0n) is 8.03. The topological polar surface area (TPSA) is 75.9 Å². The van der Waals surface area contributed by atoms with Gasteiger partial charge in [-0.1, -0.05) is 0 Å². The molecule has 1 fully saturated rings. The summed E-state index contributed by atoms with van der Waals surface area (Å²) >= 11 is 1.85. The molecule has 1 aromatic rings. The Kier molecular flexibility index (Phi) is 3.22. The number of halogens is 1. The van der Waals surface area contributed by atoms with Crippen molar-refractivity contribution >= 4 is 23.5 Å². The van der Waals surface area contributed by atoms with E-state index in [9.17, 15) is 4.39 Å². The molecule has 4 N–H and O–H groups in total. The van der Waals surface area contributed by atoms with Crippen molar-refractivity contribution in [3.05, 3.63) is 12.0 Å². The maximum atomic E-state index is 13.3. The fourth-order valence-corrected chi connectivity index (χ4v) is 2.53. The number of anilines is 2. The first-order chi connectivity index (χ1) is 7.29. The molecule has 0 spiro atoms. The van der Waals surface area contributed by atoms with E-state index in [0.717, 1.165) is 24.1 Å². The Balaban J connectivity index is 2.11. The van der Waals surface area contributed by atoms with Crippen molar-refractivity contribution in [2.75, 3.05) is 22.2 Å². The number of nitrogens with two attached hydrogens (primary N) is 1. The molecule has 1 unspecified atom stereocenters. The van der Waals surface area contributed by atoms with Crippen molar-refractivity contribution in [2.24, 2.45) is 5.84 Å². The van der Waals surface area contributed by atoms with Gasteiger partial charge in [0, 0.05) is 11.8 Å². The SMILES string of the molecule is NNc1ncc(F)c(NC2CCSC2)n1. The third-order valence-corrected chi connectivity index (χ3v) is 3.31. The van der Waals surface area contributed by atoms with E-state index in [-0.39, 0.29) is 17.8 Å². The molecule has 0 aromatic carbocycles. The summed E-state index contributed by atoms with van der Waals surface area (Å²) in [6, 6.07) is 0.282. The molecule has 7 heteroatoms. The molecular weight excluding hydrogens is 217 g/mol. The molecule has 5 nitrogen and oxygen atoms in total. The molecule has 1 saturated heterocycles. The van der Waals surface area contributed by atoms with E-state index in [2.05, 4.69) is 20.7 Å². The van der Waals surface area contributed by atoms with Gasteiger partial charge >= 0.3 is 0 Å². The minimum absolute atomic E-state index is 0.213. The first-order valence-corrected chi connectivity index (χ1v) is 5.78. The van der Waals surface area contributed by atoms with Gasteiger partial charge in [0.15, 0.2) is 11.6 Å². The van der Waals surface area contributed by atoms with E-state index in [1.807, 2.05) is 11.8 Å². The number of thioether (sulfide) groups is 1. The van der Waals surface area contributed by atoms with Gasteiger partial charge in [-0.15, -0.1) is 0 Å². The summed E-state index contributed by atoms with van der Waals surface area (Å²) in [6.07, 6.45) is 2.13. The average Bonchev–Trinajstić information content (AvgIpc) is 2.74. The third-order valence-electron chi connectivity index (χ3n) is 2.14. The predicted molar refractivity (Wildman–Crippen MR) is 59.2 cm³/mol. The number of rotatable bonds is 3. The summed E-state index contributed by atoms with van der Waals surface area (Å²) in [6.45, 7) is 0. The largest absolute Gasteiger partial charge is 0.364 e. The van der Waals surface area contributed by atoms with Gasteiger partial charge < -0.3 is 5.32 Å². The van der Waals surface area contributed by atoms with Crippen LogP contribution in [-0.2, 0) is 0 Å². The van der Waals surface area contributed by atoms with Crippen LogP contribution in [-0.4, -0.2) is 27.5 Å². The highest BCUT2D eigenvalue weighted by molar-refractivity contribution is 7.99. The molecule has 1 aromatic heterocycles. The van der Waals surface area contributed by atoms with Crippen molar-refractivity contribution in [2.45, 2.75) is 12.5 Å². The second kappa shape index (κ2) is 4.63. The van der Waals surface area contributed by atoms with E-state index in [1.165, 1.54) is 0 Å². The number of hydrogen-bond donors (Lipinski definition) is 3. The van der Waals surface area contributed by atoms with Crippen LogP contribution in [0.5, 0.6) is 0 Å². The fraction of sp³-hybridized carbons (Fsp3) is 0.500. The van der Waals surface area contributed by atoms with Gasteiger partial charge in [0.05, 0.1) is 6.20 Å². The quantitative estimate of drug-likeness (QED) is 0.526. The summed E-state index contributed by atoms with van der Waals surface area (Å²) in [5.41, 5.74) is 2.29. The Morgan fingerprint density at radius 3 is 3.13 bits per heavy atom. The lowest BCUT2D eigenvalue weighted by Gasteiger charge is -2.12. The average molecular weight is 229 g/mol. The maximum absolute atomic E-state index is 13.3. The van der Waals surface area contributed by atoms with Crippen molar-refractivity contribution < 1.29 is 4.39 Å². The summed E-state index contributed by atoms with van der Waals surface area (Å²) in [7, 11) is 0. The minimum atomic E-state index is -0.453. The third kappa shape index (κ3) is 2.48. The first kappa shape index (κ1) is 10.4. The fourth-order valence-electron chi connectivity index (χ4n) is 1.38. The standard InChI is InChI=1S/C8H12FN5S/c9-6-3-11-8(14-10)13-7(6)12-5-1-2-15-4-5/h3,5H,1-2,4,10H2,(H2,11,12,13,14). The van der Waals surface area contributed by atoms with Gasteiger partial charge in [-0.25, -0.2) is 15.2 Å². The highest BCUT2D eigenvalue weighted by Crippen LogP contribution is 2.21. The normalized spacial score (nSPS) is 20.3. The van der Waals surface area contributed by atoms with Crippen molar-refractivity contribution in [3.8, 4) is 0 Å². The number of hydrazine groups is 1. The van der Waals surface area contributed by atoms with Crippen molar-refractivity contribution in [3.63, 3.8) is 0 Å². The van der Waals surface area contributed by atoms with Crippen LogP contribution in [0.1, 0.15) is 6.42 Å². The zero-order chi connectivity index (χ0) is 10.7. The highest BCUT2D eigenvalue weighted by Gasteiger charge is 2.17. The maximum Gasteiger partial charge on any atom is 0.239 e. The van der Waals surface area contributed by atoms with Crippen LogP contribution in [0.3, 0.4) is 0 Å². The molecule has 15 heavy (non-hydrogen) atoms. The number of hydrogen-bond acceptors (Lipinski definition) is 6. The van der Waals surface area contributed by atoms with Gasteiger partial charge in [-0.05, 0) is 12.2 Å². The Morgan fingerprint density at radius 2 is 2.47 bits per heavy atom. The van der Waals surface area contributed by atoms with Gasteiger partial charge in [-0.3, -0.25) is 5.43 Å². The lowest BCUT2D eigenvalue weighted by atomic mass is 10.2. The summed E-state index contributed by atoms with van der Waals surface area (Å²) < 4.78 is 13.3. The van der Waals surface area contributed by atoms with Crippen LogP contribution in [0.15, 0.2) is 6.20 Å². The van der Waals surface area contributed by atoms with Crippen LogP contribution >= 0.6 is 11.8 Å². The number of aromatic nitrogens is 2. The Labute approximate surface area is 91.0 Å². The summed E-state index contributed by atoms with van der Waals surface area (Å²) in [5.74, 6) is 7.21. The molecule has 0 radical (unpaired) electrons. The van der Waals surface area contributed by atoms with Crippen LogP contribution in [0.4, 0.5) is 16.2 Å². The number of nitrogens with one attached hydrogen (secondary N) is 2. The summed E-state index contributed by atoms with van der Waals surface area (Å²) in [4.78, 5) is 7.58. The molecule has 1 atom stereocenters. The zero-order valence-corrected chi connectivity index (χ0v) is 8.85. The second-order valence-corrected chi connectivity index (χ2v) is 4.39. The lowest BCUT2D eigenvalue weighted by Crippen LogP contribution is -2.21. The van der Waals surface area contributed by atoms with Crippen LogP contribution < -0.4 is 16.6 Å². The highest BCUT2D eigenvalue weighted by atomic mass is 32.2. The molecule has 0 bridgehead atoms. The number of nitrogens with zero attached hydrogens (tertiary/aromatic N) is 2. The molecular formula is C8H12FN5S. The van der Waals surface area contributed by atoms with E-state index >= 15 is 0 Å². The van der Waals surface area contributed by atoms with E-state index in [4.69, 9.17) is 5.84 Å². The Morgan fingerprint density at radius 1 is 1.60 bits per heavy atom. The van der Waals surface area contributed by atoms with Crippen LogP contribution in [0, 0.1) is 5.82 Å². The summed E-state index contributed by atoms with van der Waals surface area (Å²) in [5, 5.41) is 3.04. The molecule has 0 aliphatic carbocycles. The monoisotopic (exact) mass is 229 g/mol. The molecule has 0 saturated carbocycles. The Hall–Kier alpha value is -1.08. The van der Waals surface area contributed by atoms with Crippen molar-refractivity contribution in [1.82, 2.24) is 9.97 Å². The molecule has 0 amide bonds. The Bertz CT molecular complexity index is 342. The lowest BCUT2D eigenvalue weighted by molar-refractivity contribution is 0.613. The number of nitrogen functional groups attached to an aromatic ring is 1. The molecule has 2 heterocycles. The van der Waals surface area contributed by atoms with Gasteiger partial charge in [0.2, 0.25) is 5.95 Å². The van der Waals surface area contributed by atoms with Crippen LogP contribution in [0.2, 0.25) is 0 Å². The van der Waals surface area contributed by atoms with E-state index in [1.54, 1.807) is 0 Å². The molecule has 1 aliphatic rings. The molecule has 1 aliphatic heterocycles. The molecule has 82 valence electrons. The van der Waals surface area contributed by atoms with Crippen LogP contribution in [0.25, 0.3) is 0 Å². The molecule has 2 rings (SSSR count). The van der Waals surface area contributed by atoms with Gasteiger partial charge in [-0.2, -0.15) is 16.7 Å². The minimum Gasteiger partial charge on any atom is -0.364 e. The van der Waals surface area contributed by atoms with Gasteiger partial charge in [0.1, 0.15) is 0 Å². The van der Waals surface area contributed by atoms with Gasteiger partial charge in [0.25, 0.3) is 0 Å². The van der Waals surface area contributed by atoms with Crippen molar-refractivity contribution in [1.29, 1.82) is 0 Å². The smallest absolute Gasteiger partial charge is 0.239 e. The van der Waals surface area contributed by atoms with E-state index in [0.29, 0.717) is 0 Å². The van der Waals surface area contributed by atoms with E-state index < -0.39 is 5.82 Å².